The Labute approximate surface area is 177 Å². The van der Waals surface area contributed by atoms with E-state index in [0.717, 1.165) is 35.4 Å². The molecule has 3 heterocycles. The number of carbonyl (C=O) groups excluding carboxylic acids is 1. The van der Waals surface area contributed by atoms with Crippen LogP contribution in [0.2, 0.25) is 0 Å². The molecule has 0 fully saturated rings. The molecule has 8 heteroatoms. The van der Waals surface area contributed by atoms with E-state index >= 15 is 0 Å². The van der Waals surface area contributed by atoms with E-state index in [1.165, 1.54) is 14.2 Å². The first-order valence-corrected chi connectivity index (χ1v) is 10.0. The minimum atomic E-state index is -0.997. The van der Waals surface area contributed by atoms with Crippen LogP contribution in [-0.4, -0.2) is 29.9 Å². The number of methoxy groups -OCH3 is 2. The third-order valence-electron chi connectivity index (χ3n) is 5.63. The van der Waals surface area contributed by atoms with Gasteiger partial charge in [0.25, 0.3) is 5.56 Å². The van der Waals surface area contributed by atoms with Gasteiger partial charge in [-0.3, -0.25) is 14.4 Å². The van der Waals surface area contributed by atoms with Crippen molar-refractivity contribution in [1.29, 1.82) is 0 Å². The second-order valence-corrected chi connectivity index (χ2v) is 7.57. The maximum Gasteiger partial charge on any atom is 0.306 e. The van der Waals surface area contributed by atoms with E-state index in [2.05, 4.69) is 0 Å². The minimum absolute atomic E-state index is 0.00121. The van der Waals surface area contributed by atoms with Crippen molar-refractivity contribution in [3.05, 3.63) is 73.6 Å². The molecule has 1 N–H and O–H groups in total. The van der Waals surface area contributed by atoms with Crippen LogP contribution in [0.4, 0.5) is 0 Å². The van der Waals surface area contributed by atoms with Crippen LogP contribution in [0.3, 0.4) is 0 Å². The topological polar surface area (TPSA) is 108 Å². The molecular formula is C23H23NO7. The first-order valence-electron chi connectivity index (χ1n) is 10.0. The van der Waals surface area contributed by atoms with Gasteiger partial charge >= 0.3 is 5.97 Å². The number of ether oxygens (including phenoxy) is 2. The number of nitrogens with zero attached hydrogens (tertiary/aromatic N) is 1. The second-order valence-electron chi connectivity index (χ2n) is 7.57. The van der Waals surface area contributed by atoms with Gasteiger partial charge in [0, 0.05) is 25.3 Å². The van der Waals surface area contributed by atoms with Gasteiger partial charge in [-0.25, -0.2) is 0 Å². The number of aromatic hydroxyl groups is 1. The van der Waals surface area contributed by atoms with Crippen molar-refractivity contribution in [3.8, 4) is 5.75 Å². The molecule has 0 amide bonds. The first-order chi connectivity index (χ1) is 14.9. The van der Waals surface area contributed by atoms with Gasteiger partial charge < -0.3 is 23.6 Å². The fourth-order valence-electron chi connectivity index (χ4n) is 4.23. The molecule has 3 aromatic rings. The van der Waals surface area contributed by atoms with Gasteiger partial charge in [-0.1, -0.05) is 18.2 Å². The minimum Gasteiger partial charge on any atom is -0.502 e. The number of aromatic nitrogens is 1. The van der Waals surface area contributed by atoms with E-state index in [1.807, 2.05) is 18.2 Å². The third-order valence-corrected chi connectivity index (χ3v) is 5.63. The van der Waals surface area contributed by atoms with E-state index in [0.29, 0.717) is 6.54 Å². The first kappa shape index (κ1) is 20.9. The number of rotatable bonds is 6. The zero-order chi connectivity index (χ0) is 22.1. The molecule has 0 radical (unpaired) electrons. The molecule has 1 atom stereocenters. The zero-order valence-electron chi connectivity index (χ0n) is 17.3. The predicted molar refractivity (Wildman–Crippen MR) is 112 cm³/mol. The van der Waals surface area contributed by atoms with Crippen LogP contribution < -0.4 is 11.0 Å². The lowest BCUT2D eigenvalue weighted by Crippen LogP contribution is -2.30. The lowest BCUT2D eigenvalue weighted by atomic mass is 9.90. The van der Waals surface area contributed by atoms with E-state index in [1.54, 1.807) is 10.6 Å². The number of hydrogen-bond donors (Lipinski definition) is 1. The number of pyridine rings is 1. The molecular weight excluding hydrogens is 402 g/mol. The summed E-state index contributed by atoms with van der Waals surface area (Å²) < 4.78 is 17.3. The Morgan fingerprint density at radius 3 is 2.81 bits per heavy atom. The monoisotopic (exact) mass is 425 g/mol. The highest BCUT2D eigenvalue weighted by Gasteiger charge is 2.30. The van der Waals surface area contributed by atoms with Gasteiger partial charge in [-0.15, -0.1) is 0 Å². The highest BCUT2D eigenvalue weighted by Crippen LogP contribution is 2.34. The summed E-state index contributed by atoms with van der Waals surface area (Å²) in [6.07, 6.45) is 1.43. The average Bonchev–Trinajstić information content (AvgIpc) is 2.77. The smallest absolute Gasteiger partial charge is 0.306 e. The van der Waals surface area contributed by atoms with Gasteiger partial charge in [0.2, 0.25) is 11.2 Å². The van der Waals surface area contributed by atoms with Gasteiger partial charge in [0.1, 0.15) is 12.4 Å². The summed E-state index contributed by atoms with van der Waals surface area (Å²) in [6.45, 7) is 0.545. The van der Waals surface area contributed by atoms with Crippen molar-refractivity contribution >= 4 is 16.9 Å². The highest BCUT2D eigenvalue weighted by atomic mass is 16.5. The maximum atomic E-state index is 13.5. The predicted octanol–water partition coefficient (Wildman–Crippen LogP) is 2.45. The number of esters is 1. The number of para-hydroxylation sites is 1. The van der Waals surface area contributed by atoms with Crippen molar-refractivity contribution in [2.24, 2.45) is 0 Å². The Morgan fingerprint density at radius 2 is 2.06 bits per heavy atom. The summed E-state index contributed by atoms with van der Waals surface area (Å²) in [7, 11) is 2.68. The maximum absolute atomic E-state index is 13.5. The molecule has 4 rings (SSSR count). The van der Waals surface area contributed by atoms with E-state index < -0.39 is 23.1 Å². The quantitative estimate of drug-likeness (QED) is 0.605. The number of benzene rings is 1. The zero-order valence-corrected chi connectivity index (χ0v) is 17.3. The largest absolute Gasteiger partial charge is 0.502 e. The Bertz CT molecular complexity index is 1270. The van der Waals surface area contributed by atoms with Crippen LogP contribution in [0.1, 0.15) is 41.4 Å². The number of aryl methyl sites for hydroxylation is 2. The lowest BCUT2D eigenvalue weighted by molar-refractivity contribution is -0.140. The molecule has 0 spiro atoms. The van der Waals surface area contributed by atoms with Crippen LogP contribution in [-0.2, 0) is 33.8 Å². The summed E-state index contributed by atoms with van der Waals surface area (Å²) in [5, 5.41) is 11.3. The molecule has 0 saturated heterocycles. The normalized spacial score (nSPS) is 13.9. The molecule has 1 aromatic carbocycles. The van der Waals surface area contributed by atoms with Crippen LogP contribution in [0, 0.1) is 0 Å². The van der Waals surface area contributed by atoms with Crippen molar-refractivity contribution in [1.82, 2.24) is 4.57 Å². The molecule has 8 nitrogen and oxygen atoms in total. The van der Waals surface area contributed by atoms with Crippen molar-refractivity contribution < 1.29 is 23.8 Å². The molecule has 31 heavy (non-hydrogen) atoms. The van der Waals surface area contributed by atoms with Gasteiger partial charge in [0.15, 0.2) is 5.76 Å². The van der Waals surface area contributed by atoms with Crippen LogP contribution in [0.25, 0.3) is 10.9 Å². The standard InChI is InChI=1S/C23H23NO7/c1-29-12-15-10-18(25)21(27)22(31-15)16(11-19(26)30-2)17-9-14-6-3-5-13-7-4-8-24(20(13)14)23(17)28/h3,5-6,9-10,16,27H,4,7-8,11-12H2,1-2H3/t16-/m0/s1. The van der Waals surface area contributed by atoms with Crippen molar-refractivity contribution in [2.75, 3.05) is 14.2 Å². The molecule has 2 aromatic heterocycles. The van der Waals surface area contributed by atoms with Crippen LogP contribution >= 0.6 is 0 Å². The number of hydrogen-bond acceptors (Lipinski definition) is 7. The Morgan fingerprint density at radius 1 is 1.26 bits per heavy atom. The van der Waals surface area contributed by atoms with Gasteiger partial charge in [-0.05, 0) is 29.9 Å². The van der Waals surface area contributed by atoms with Crippen molar-refractivity contribution in [2.45, 2.75) is 38.3 Å². The van der Waals surface area contributed by atoms with Crippen LogP contribution in [0.5, 0.6) is 5.75 Å². The Hall–Kier alpha value is -3.39. The molecule has 162 valence electrons. The van der Waals surface area contributed by atoms with Crippen LogP contribution in [0.15, 0.2) is 44.3 Å². The van der Waals surface area contributed by atoms with Gasteiger partial charge in [-0.2, -0.15) is 0 Å². The van der Waals surface area contributed by atoms with E-state index in [9.17, 15) is 19.5 Å². The summed E-state index contributed by atoms with van der Waals surface area (Å²) in [5.41, 5.74) is 1.26. The molecule has 1 aliphatic rings. The summed E-state index contributed by atoms with van der Waals surface area (Å²) in [4.78, 5) is 38.0. The average molecular weight is 425 g/mol. The molecule has 0 unspecified atom stereocenters. The summed E-state index contributed by atoms with van der Waals surface area (Å²) in [6, 6.07) is 8.66. The van der Waals surface area contributed by atoms with Crippen molar-refractivity contribution in [3.63, 3.8) is 0 Å². The summed E-state index contributed by atoms with van der Waals surface area (Å²) in [5.74, 6) is -2.21. The van der Waals surface area contributed by atoms with Gasteiger partial charge in [0.05, 0.1) is 25.0 Å². The molecule has 0 aliphatic carbocycles. The Balaban J connectivity index is 1.98. The molecule has 1 aliphatic heterocycles. The highest BCUT2D eigenvalue weighted by molar-refractivity contribution is 5.84. The van der Waals surface area contributed by atoms with E-state index in [4.69, 9.17) is 13.9 Å². The summed E-state index contributed by atoms with van der Waals surface area (Å²) >= 11 is 0. The number of carbonyl (C=O) groups is 1. The SMILES string of the molecule is COCc1cc(=O)c(O)c([C@@H](CC(=O)OC)c2cc3cccc4c3n(c2=O)CCC4)o1. The third kappa shape index (κ3) is 3.74. The second kappa shape index (κ2) is 8.39. The Kier molecular flexibility index (Phi) is 5.65. The lowest BCUT2D eigenvalue weighted by Gasteiger charge is -2.23. The molecule has 0 bridgehead atoms. The molecule has 0 saturated carbocycles. The van der Waals surface area contributed by atoms with E-state index in [-0.39, 0.29) is 35.7 Å². The fourth-order valence-corrected chi connectivity index (χ4v) is 4.23. The fraction of sp³-hybridized carbons (Fsp3) is 0.348.